The first-order valence-corrected chi connectivity index (χ1v) is 4.22. The molecule has 0 radical (unpaired) electrons. The van der Waals surface area contributed by atoms with E-state index in [9.17, 15) is 9.59 Å². The summed E-state index contributed by atoms with van der Waals surface area (Å²) in [5, 5.41) is 0. The second kappa shape index (κ2) is 3.10. The molecule has 2 aromatic rings. The van der Waals surface area contributed by atoms with E-state index in [0.29, 0.717) is 0 Å². The van der Waals surface area contributed by atoms with E-state index < -0.39 is 11.3 Å². The molecular weight excluding hydrogens is 184 g/mol. The Balaban J connectivity index is 3.01. The molecule has 72 valence electrons. The molecule has 0 aliphatic carbocycles. The normalized spacial score (nSPS) is 10.6. The lowest BCUT2D eigenvalue weighted by atomic mass is 10.4. The average Bonchev–Trinajstić information content (AvgIpc) is 2.18. The van der Waals surface area contributed by atoms with Crippen molar-refractivity contribution < 1.29 is 4.42 Å². The lowest BCUT2D eigenvalue weighted by Gasteiger charge is -1.99. The minimum absolute atomic E-state index is 0.189. The quantitative estimate of drug-likeness (QED) is 0.654. The summed E-state index contributed by atoms with van der Waals surface area (Å²) in [6, 6.07) is 3.16. The molecule has 0 N–H and O–H groups in total. The number of fused-ring (bicyclic) bond motifs is 1. The van der Waals surface area contributed by atoms with Crippen LogP contribution in [0.3, 0.4) is 0 Å². The maximum Gasteiger partial charge on any atom is 0.422 e. The van der Waals surface area contributed by atoms with Gasteiger partial charge in [-0.2, -0.15) is 0 Å². The molecule has 0 spiro atoms. The second-order valence-corrected chi connectivity index (χ2v) is 2.77. The molecule has 0 atom stereocenters. The topological polar surface area (TPSA) is 65.1 Å². The van der Waals surface area contributed by atoms with Crippen molar-refractivity contribution in [3.05, 3.63) is 39.2 Å². The first-order valence-electron chi connectivity index (χ1n) is 4.22. The third-order valence-electron chi connectivity index (χ3n) is 1.95. The van der Waals surface area contributed by atoms with Crippen LogP contribution in [0.25, 0.3) is 11.1 Å². The van der Waals surface area contributed by atoms with Gasteiger partial charge in [0.2, 0.25) is 0 Å². The number of aromatic nitrogens is 2. The molecule has 2 rings (SSSR count). The minimum Gasteiger partial charge on any atom is -0.407 e. The molecule has 0 amide bonds. The Kier molecular flexibility index (Phi) is 1.92. The third-order valence-corrected chi connectivity index (χ3v) is 1.95. The summed E-state index contributed by atoms with van der Waals surface area (Å²) >= 11 is 0. The van der Waals surface area contributed by atoms with Gasteiger partial charge in [-0.3, -0.25) is 4.79 Å². The standard InChI is InChI=1S/C9H8N2O3/c1-2-11-8(12)7-6(14-9(11)13)4-3-5-10-7/h3-5H,2H2,1H3. The Bertz CT molecular complexity index is 582. The highest BCUT2D eigenvalue weighted by molar-refractivity contribution is 5.69. The summed E-state index contributed by atoms with van der Waals surface area (Å²) < 4.78 is 5.92. The van der Waals surface area contributed by atoms with E-state index in [1.807, 2.05) is 0 Å². The largest absolute Gasteiger partial charge is 0.422 e. The van der Waals surface area contributed by atoms with Crippen molar-refractivity contribution in [1.82, 2.24) is 9.55 Å². The Morgan fingerprint density at radius 2 is 2.29 bits per heavy atom. The van der Waals surface area contributed by atoms with E-state index in [-0.39, 0.29) is 17.6 Å². The first kappa shape index (κ1) is 8.68. The smallest absolute Gasteiger partial charge is 0.407 e. The molecule has 5 heteroatoms. The van der Waals surface area contributed by atoms with Gasteiger partial charge in [-0.1, -0.05) is 0 Å². The summed E-state index contributed by atoms with van der Waals surface area (Å²) in [5.41, 5.74) is 0.0144. The maximum atomic E-state index is 11.6. The Labute approximate surface area is 78.6 Å². The van der Waals surface area contributed by atoms with Crippen LogP contribution >= 0.6 is 0 Å². The SMILES string of the molecule is CCn1c(=O)oc2cccnc2c1=O. The summed E-state index contributed by atoms with van der Waals surface area (Å²) in [7, 11) is 0. The van der Waals surface area contributed by atoms with Gasteiger partial charge in [0, 0.05) is 12.7 Å². The van der Waals surface area contributed by atoms with E-state index in [1.165, 1.54) is 6.20 Å². The van der Waals surface area contributed by atoms with Gasteiger partial charge < -0.3 is 4.42 Å². The van der Waals surface area contributed by atoms with Crippen molar-refractivity contribution in [1.29, 1.82) is 0 Å². The summed E-state index contributed by atoms with van der Waals surface area (Å²) in [6.07, 6.45) is 1.49. The summed E-state index contributed by atoms with van der Waals surface area (Å²) in [4.78, 5) is 26.7. The fourth-order valence-corrected chi connectivity index (χ4v) is 1.27. The van der Waals surface area contributed by atoms with E-state index in [1.54, 1.807) is 19.1 Å². The molecule has 0 saturated heterocycles. The van der Waals surface area contributed by atoms with Crippen LogP contribution in [0.2, 0.25) is 0 Å². The first-order chi connectivity index (χ1) is 6.74. The van der Waals surface area contributed by atoms with Crippen LogP contribution in [0.4, 0.5) is 0 Å². The number of hydrogen-bond acceptors (Lipinski definition) is 4. The monoisotopic (exact) mass is 192 g/mol. The van der Waals surface area contributed by atoms with Gasteiger partial charge in [0.15, 0.2) is 11.1 Å². The van der Waals surface area contributed by atoms with Gasteiger partial charge in [-0.15, -0.1) is 0 Å². The van der Waals surface area contributed by atoms with Crippen LogP contribution in [0.5, 0.6) is 0 Å². The van der Waals surface area contributed by atoms with Crippen LogP contribution in [-0.2, 0) is 6.54 Å². The van der Waals surface area contributed by atoms with Crippen molar-refractivity contribution in [2.75, 3.05) is 0 Å². The van der Waals surface area contributed by atoms with Crippen LogP contribution in [-0.4, -0.2) is 9.55 Å². The van der Waals surface area contributed by atoms with E-state index in [0.717, 1.165) is 4.57 Å². The van der Waals surface area contributed by atoms with Gasteiger partial charge >= 0.3 is 5.76 Å². The highest BCUT2D eigenvalue weighted by atomic mass is 16.4. The zero-order valence-corrected chi connectivity index (χ0v) is 7.56. The lowest BCUT2D eigenvalue weighted by molar-refractivity contribution is 0.463. The highest BCUT2D eigenvalue weighted by Gasteiger charge is 2.07. The fraction of sp³-hybridized carbons (Fsp3) is 0.222. The Morgan fingerprint density at radius 3 is 3.00 bits per heavy atom. The van der Waals surface area contributed by atoms with Crippen LogP contribution < -0.4 is 11.3 Å². The molecule has 0 saturated carbocycles. The molecule has 2 heterocycles. The van der Waals surface area contributed by atoms with Crippen molar-refractivity contribution in [3.63, 3.8) is 0 Å². The zero-order chi connectivity index (χ0) is 10.1. The van der Waals surface area contributed by atoms with Crippen LogP contribution in [0.1, 0.15) is 6.92 Å². The predicted octanol–water partition coefficient (Wildman–Crippen LogP) is 0.370. The molecule has 0 aromatic carbocycles. The van der Waals surface area contributed by atoms with Gasteiger partial charge in [-0.25, -0.2) is 14.3 Å². The molecule has 2 aromatic heterocycles. The Morgan fingerprint density at radius 1 is 1.50 bits per heavy atom. The highest BCUT2D eigenvalue weighted by Crippen LogP contribution is 2.01. The molecule has 0 aliphatic rings. The van der Waals surface area contributed by atoms with Gasteiger partial charge in [0.25, 0.3) is 5.56 Å². The second-order valence-electron chi connectivity index (χ2n) is 2.77. The molecule has 0 bridgehead atoms. The molecule has 5 nitrogen and oxygen atoms in total. The Hall–Kier alpha value is -1.91. The van der Waals surface area contributed by atoms with Gasteiger partial charge in [0.1, 0.15) is 0 Å². The zero-order valence-electron chi connectivity index (χ0n) is 7.56. The van der Waals surface area contributed by atoms with Crippen molar-refractivity contribution in [2.45, 2.75) is 13.5 Å². The van der Waals surface area contributed by atoms with E-state index in [2.05, 4.69) is 4.98 Å². The molecule has 0 fully saturated rings. The number of pyridine rings is 1. The van der Waals surface area contributed by atoms with Crippen LogP contribution in [0, 0.1) is 0 Å². The molecule has 0 unspecified atom stereocenters. The van der Waals surface area contributed by atoms with E-state index >= 15 is 0 Å². The molecular formula is C9H8N2O3. The van der Waals surface area contributed by atoms with Crippen molar-refractivity contribution in [2.24, 2.45) is 0 Å². The summed E-state index contributed by atoms with van der Waals surface area (Å²) in [6.45, 7) is 1.99. The maximum absolute atomic E-state index is 11.6. The van der Waals surface area contributed by atoms with Gasteiger partial charge in [0.05, 0.1) is 0 Å². The van der Waals surface area contributed by atoms with Crippen LogP contribution in [0.15, 0.2) is 32.3 Å². The van der Waals surface area contributed by atoms with Crippen molar-refractivity contribution in [3.8, 4) is 0 Å². The average molecular weight is 192 g/mol. The fourth-order valence-electron chi connectivity index (χ4n) is 1.27. The van der Waals surface area contributed by atoms with E-state index in [4.69, 9.17) is 4.42 Å². The molecule has 0 aliphatic heterocycles. The lowest BCUT2D eigenvalue weighted by Crippen LogP contribution is -2.32. The van der Waals surface area contributed by atoms with Gasteiger partial charge in [-0.05, 0) is 19.1 Å². The number of nitrogens with zero attached hydrogens (tertiary/aromatic N) is 2. The predicted molar refractivity (Wildman–Crippen MR) is 50.2 cm³/mol. The number of rotatable bonds is 1. The summed E-state index contributed by atoms with van der Waals surface area (Å²) in [5.74, 6) is -0.641. The molecule has 14 heavy (non-hydrogen) atoms. The minimum atomic E-state index is -0.641. The third kappa shape index (κ3) is 1.14. The van der Waals surface area contributed by atoms with Crippen molar-refractivity contribution >= 4 is 11.1 Å². The number of hydrogen-bond donors (Lipinski definition) is 0.